The molecule has 0 spiro atoms. The van der Waals surface area contributed by atoms with Gasteiger partial charge in [-0.2, -0.15) is 0 Å². The van der Waals surface area contributed by atoms with Gasteiger partial charge >= 0.3 is 0 Å². The summed E-state index contributed by atoms with van der Waals surface area (Å²) < 4.78 is 14.6. The van der Waals surface area contributed by atoms with Crippen LogP contribution in [-0.4, -0.2) is 29.3 Å². The summed E-state index contributed by atoms with van der Waals surface area (Å²) >= 11 is 19.1. The van der Waals surface area contributed by atoms with Gasteiger partial charge in [0.05, 0.1) is 6.42 Å². The number of hydrogen-bond donors (Lipinski definition) is 1. The van der Waals surface area contributed by atoms with Gasteiger partial charge in [-0.3, -0.25) is 9.59 Å². The zero-order valence-electron chi connectivity index (χ0n) is 20.1. The third kappa shape index (κ3) is 7.45. The number of amides is 2. The van der Waals surface area contributed by atoms with E-state index in [1.54, 1.807) is 18.2 Å². The molecule has 36 heavy (non-hydrogen) atoms. The second-order valence-electron chi connectivity index (χ2n) is 8.94. The lowest BCUT2D eigenvalue weighted by molar-refractivity contribution is -0.140. The van der Waals surface area contributed by atoms with E-state index in [0.717, 1.165) is 5.56 Å². The van der Waals surface area contributed by atoms with Crippen molar-refractivity contribution >= 4 is 46.6 Å². The number of carbonyl (C=O) groups excluding carboxylic acids is 2. The Morgan fingerprint density at radius 3 is 2.03 bits per heavy atom. The van der Waals surface area contributed by atoms with Crippen molar-refractivity contribution in [1.82, 2.24) is 10.2 Å². The summed E-state index contributed by atoms with van der Waals surface area (Å²) in [7, 11) is 0. The molecule has 2 amide bonds. The minimum absolute atomic E-state index is 0.0317. The summed E-state index contributed by atoms with van der Waals surface area (Å²) in [6, 6.07) is 17.8. The lowest BCUT2D eigenvalue weighted by Crippen LogP contribution is -2.51. The second-order valence-corrected chi connectivity index (χ2v) is 10.2. The van der Waals surface area contributed by atoms with Crippen LogP contribution in [0.2, 0.25) is 15.1 Å². The number of benzene rings is 3. The highest BCUT2D eigenvalue weighted by Gasteiger charge is 2.32. The van der Waals surface area contributed by atoms with Crippen LogP contribution in [0.5, 0.6) is 0 Å². The Morgan fingerprint density at radius 2 is 1.44 bits per heavy atom. The molecule has 8 heteroatoms. The summed E-state index contributed by atoms with van der Waals surface area (Å²) in [5.74, 6) is -1.16. The fourth-order valence-electron chi connectivity index (χ4n) is 3.78. The smallest absolute Gasteiger partial charge is 0.243 e. The van der Waals surface area contributed by atoms with E-state index in [1.165, 1.54) is 23.1 Å². The zero-order chi connectivity index (χ0) is 26.2. The molecule has 0 saturated carbocycles. The molecular weight excluding hydrogens is 522 g/mol. The van der Waals surface area contributed by atoms with Gasteiger partial charge in [0, 0.05) is 45.7 Å². The van der Waals surface area contributed by atoms with Gasteiger partial charge in [0.25, 0.3) is 0 Å². The lowest BCUT2D eigenvalue weighted by atomic mass is 10.0. The van der Waals surface area contributed by atoms with E-state index in [1.807, 2.05) is 44.2 Å². The molecule has 4 nitrogen and oxygen atoms in total. The fraction of sp³-hybridized carbons (Fsp3) is 0.286. The van der Waals surface area contributed by atoms with E-state index in [2.05, 4.69) is 5.32 Å². The Hall–Kier alpha value is -2.60. The topological polar surface area (TPSA) is 49.4 Å². The third-order valence-corrected chi connectivity index (χ3v) is 6.80. The molecule has 0 radical (unpaired) electrons. The molecule has 1 unspecified atom stereocenters. The molecule has 0 bridgehead atoms. The molecule has 0 aromatic heterocycles. The van der Waals surface area contributed by atoms with Crippen molar-refractivity contribution in [3.63, 3.8) is 0 Å². The predicted molar refractivity (Wildman–Crippen MR) is 144 cm³/mol. The largest absolute Gasteiger partial charge is 0.354 e. The second kappa shape index (κ2) is 13.1. The first-order valence-electron chi connectivity index (χ1n) is 11.6. The third-order valence-electron chi connectivity index (χ3n) is 5.74. The van der Waals surface area contributed by atoms with Crippen LogP contribution < -0.4 is 5.32 Å². The summed E-state index contributed by atoms with van der Waals surface area (Å²) in [4.78, 5) is 28.6. The van der Waals surface area contributed by atoms with Crippen molar-refractivity contribution in [3.8, 4) is 0 Å². The SMILES string of the molecule is CC(C)CNC(=O)C(Cc1ccccc1)N(Cc1c(Cl)cccc1Cl)C(=O)Cc1c(F)cccc1Cl. The molecule has 1 N–H and O–H groups in total. The number of hydrogen-bond acceptors (Lipinski definition) is 2. The number of nitrogens with zero attached hydrogens (tertiary/aromatic N) is 1. The first-order chi connectivity index (χ1) is 17.2. The first kappa shape index (κ1) is 28.0. The fourth-order valence-corrected chi connectivity index (χ4v) is 4.53. The Kier molecular flexibility index (Phi) is 10.2. The average Bonchev–Trinajstić information content (AvgIpc) is 2.84. The van der Waals surface area contributed by atoms with Crippen LogP contribution >= 0.6 is 34.8 Å². The predicted octanol–water partition coefficient (Wildman–Crippen LogP) is 6.74. The van der Waals surface area contributed by atoms with E-state index < -0.39 is 17.8 Å². The normalized spacial score (nSPS) is 11.9. The Balaban J connectivity index is 2.04. The van der Waals surface area contributed by atoms with Crippen molar-refractivity contribution in [3.05, 3.63) is 104 Å². The molecule has 1 atom stereocenters. The summed E-state index contributed by atoms with van der Waals surface area (Å²) in [6.45, 7) is 4.38. The number of halogens is 4. The number of carbonyl (C=O) groups is 2. The van der Waals surface area contributed by atoms with Gasteiger partial charge < -0.3 is 10.2 Å². The van der Waals surface area contributed by atoms with Gasteiger partial charge in [-0.15, -0.1) is 0 Å². The van der Waals surface area contributed by atoms with E-state index in [0.29, 0.717) is 22.2 Å². The molecule has 0 aliphatic carbocycles. The van der Waals surface area contributed by atoms with E-state index in [9.17, 15) is 14.0 Å². The average molecular weight is 550 g/mol. The minimum Gasteiger partial charge on any atom is -0.354 e. The van der Waals surface area contributed by atoms with Crippen molar-refractivity contribution in [2.24, 2.45) is 5.92 Å². The Labute approximate surface area is 226 Å². The summed E-state index contributed by atoms with van der Waals surface area (Å²) in [5, 5.41) is 3.81. The molecule has 0 heterocycles. The van der Waals surface area contributed by atoms with Crippen LogP contribution in [0, 0.1) is 11.7 Å². The molecule has 190 valence electrons. The molecule has 3 aromatic rings. The lowest BCUT2D eigenvalue weighted by Gasteiger charge is -2.32. The van der Waals surface area contributed by atoms with Gasteiger partial charge in [-0.1, -0.05) is 91.1 Å². The molecule has 3 rings (SSSR count). The maximum absolute atomic E-state index is 14.6. The summed E-state index contributed by atoms with van der Waals surface area (Å²) in [5.41, 5.74) is 1.44. The summed E-state index contributed by atoms with van der Waals surface area (Å²) in [6.07, 6.45) is -0.0695. The molecule has 0 aliphatic rings. The maximum Gasteiger partial charge on any atom is 0.243 e. The van der Waals surface area contributed by atoms with E-state index in [4.69, 9.17) is 34.8 Å². The van der Waals surface area contributed by atoms with Crippen molar-refractivity contribution in [2.75, 3.05) is 6.54 Å². The van der Waals surface area contributed by atoms with Crippen molar-refractivity contribution in [2.45, 2.75) is 39.3 Å². The molecule has 0 saturated heterocycles. The molecule has 0 aliphatic heterocycles. The van der Waals surface area contributed by atoms with Crippen LogP contribution in [0.3, 0.4) is 0 Å². The number of nitrogens with one attached hydrogen (secondary N) is 1. The highest BCUT2D eigenvalue weighted by molar-refractivity contribution is 6.36. The van der Waals surface area contributed by atoms with Crippen LogP contribution in [0.15, 0.2) is 66.7 Å². The highest BCUT2D eigenvalue weighted by atomic mass is 35.5. The standard InChI is InChI=1S/C28H28Cl3FN2O2/c1-18(2)16-33-28(36)26(14-19-8-4-3-5-9-19)34(17-21-23(30)10-6-11-24(21)31)27(35)15-20-22(29)12-7-13-25(20)32/h3-13,18,26H,14-17H2,1-2H3,(H,33,36). The molecule has 0 fully saturated rings. The van der Waals surface area contributed by atoms with Crippen LogP contribution in [0.1, 0.15) is 30.5 Å². The Morgan fingerprint density at radius 1 is 0.861 bits per heavy atom. The van der Waals surface area contributed by atoms with Crippen LogP contribution in [0.4, 0.5) is 4.39 Å². The van der Waals surface area contributed by atoms with E-state index in [-0.39, 0.29) is 41.8 Å². The Bertz CT molecular complexity index is 1160. The quantitative estimate of drug-likeness (QED) is 0.304. The number of rotatable bonds is 10. The van der Waals surface area contributed by atoms with Gasteiger partial charge in [0.2, 0.25) is 11.8 Å². The van der Waals surface area contributed by atoms with Crippen LogP contribution in [0.25, 0.3) is 0 Å². The van der Waals surface area contributed by atoms with Crippen LogP contribution in [-0.2, 0) is 29.0 Å². The van der Waals surface area contributed by atoms with Crippen molar-refractivity contribution < 1.29 is 14.0 Å². The minimum atomic E-state index is -0.892. The highest BCUT2D eigenvalue weighted by Crippen LogP contribution is 2.28. The zero-order valence-corrected chi connectivity index (χ0v) is 22.4. The van der Waals surface area contributed by atoms with Gasteiger partial charge in [0.15, 0.2) is 0 Å². The monoisotopic (exact) mass is 548 g/mol. The molecule has 3 aromatic carbocycles. The maximum atomic E-state index is 14.6. The van der Waals surface area contributed by atoms with E-state index >= 15 is 0 Å². The first-order valence-corrected chi connectivity index (χ1v) is 12.8. The molecular formula is C28H28Cl3FN2O2. The van der Waals surface area contributed by atoms with Gasteiger partial charge in [-0.25, -0.2) is 4.39 Å². The van der Waals surface area contributed by atoms with Crippen molar-refractivity contribution in [1.29, 1.82) is 0 Å². The van der Waals surface area contributed by atoms with Gasteiger partial charge in [0.1, 0.15) is 11.9 Å². The van der Waals surface area contributed by atoms with Gasteiger partial charge in [-0.05, 0) is 35.7 Å².